The van der Waals surface area contributed by atoms with Gasteiger partial charge in [0.05, 0.1) is 11.1 Å². The Hall–Kier alpha value is -2.06. The fourth-order valence-electron chi connectivity index (χ4n) is 4.13. The monoisotopic (exact) mass is 376 g/mol. The third-order valence-corrected chi connectivity index (χ3v) is 6.95. The van der Waals surface area contributed by atoms with Crippen LogP contribution < -0.4 is 0 Å². The van der Waals surface area contributed by atoms with E-state index in [1.165, 1.54) is 0 Å². The molecule has 28 heavy (non-hydrogen) atoms. The number of allylic oxidation sites excluding steroid dienone is 4. The van der Waals surface area contributed by atoms with Gasteiger partial charge in [-0.3, -0.25) is 9.59 Å². The van der Waals surface area contributed by atoms with Crippen molar-refractivity contribution in [1.82, 2.24) is 0 Å². The Balaban J connectivity index is 1.86. The molecule has 3 rings (SSSR count). The molecule has 0 amide bonds. The Morgan fingerprint density at radius 2 is 1.00 bits per heavy atom. The van der Waals surface area contributed by atoms with Gasteiger partial charge in [0.15, 0.2) is 11.6 Å². The minimum absolute atomic E-state index is 0.0299. The zero-order chi connectivity index (χ0) is 20.8. The first-order chi connectivity index (χ1) is 12.8. The molecule has 2 atom stereocenters. The van der Waals surface area contributed by atoms with Crippen LogP contribution in [0.4, 0.5) is 0 Å². The van der Waals surface area contributed by atoms with Gasteiger partial charge in [-0.15, -0.1) is 0 Å². The third kappa shape index (κ3) is 4.03. The van der Waals surface area contributed by atoms with E-state index in [0.29, 0.717) is 24.0 Å². The van der Waals surface area contributed by atoms with E-state index in [1.807, 2.05) is 12.2 Å². The minimum atomic E-state index is -0.253. The Bertz CT molecular complexity index is 828. The molecule has 0 aliphatic heterocycles. The van der Waals surface area contributed by atoms with Crippen molar-refractivity contribution >= 4 is 11.6 Å². The summed E-state index contributed by atoms with van der Waals surface area (Å²) in [7, 11) is 0. The van der Waals surface area contributed by atoms with Gasteiger partial charge in [0.2, 0.25) is 0 Å². The van der Waals surface area contributed by atoms with Crippen molar-refractivity contribution in [3.05, 3.63) is 23.3 Å². The molecule has 0 saturated heterocycles. The van der Waals surface area contributed by atoms with Gasteiger partial charge in [-0.05, 0) is 50.4 Å². The van der Waals surface area contributed by atoms with Gasteiger partial charge in [-0.25, -0.2) is 0 Å². The fraction of sp³-hybridized carbons (Fsp3) is 0.615. The lowest BCUT2D eigenvalue weighted by Crippen LogP contribution is -2.45. The van der Waals surface area contributed by atoms with Crippen LogP contribution in [0.25, 0.3) is 0 Å². The number of Topliss-reactive ketones (excluding diaryl/α,β-unsaturated/α-hetero) is 2. The van der Waals surface area contributed by atoms with Crippen LogP contribution in [0.3, 0.4) is 0 Å². The molecule has 2 heteroatoms. The van der Waals surface area contributed by atoms with E-state index in [4.69, 9.17) is 0 Å². The van der Waals surface area contributed by atoms with Gasteiger partial charge < -0.3 is 0 Å². The van der Waals surface area contributed by atoms with Crippen molar-refractivity contribution < 1.29 is 9.59 Å². The van der Waals surface area contributed by atoms with E-state index in [0.717, 1.165) is 25.7 Å². The number of rotatable bonds is 0. The molecule has 0 aromatic carbocycles. The zero-order valence-corrected chi connectivity index (χ0v) is 18.2. The molecule has 3 aliphatic rings. The van der Waals surface area contributed by atoms with Crippen LogP contribution >= 0.6 is 0 Å². The Morgan fingerprint density at radius 3 is 1.32 bits per heavy atom. The largest absolute Gasteiger partial charge is 0.293 e. The summed E-state index contributed by atoms with van der Waals surface area (Å²) in [5.74, 6) is 13.5. The van der Waals surface area contributed by atoms with Crippen LogP contribution in [-0.4, -0.2) is 11.6 Å². The van der Waals surface area contributed by atoms with E-state index < -0.39 is 0 Å². The summed E-state index contributed by atoms with van der Waals surface area (Å²) >= 11 is 0. The molecule has 2 nitrogen and oxygen atoms in total. The minimum Gasteiger partial charge on any atom is -0.293 e. The molecule has 148 valence electrons. The van der Waals surface area contributed by atoms with Crippen molar-refractivity contribution in [1.29, 1.82) is 0 Å². The molecule has 0 unspecified atom stereocenters. The average Bonchev–Trinajstić information content (AvgIpc) is 2.61. The molecule has 0 aromatic rings. The molecule has 1 fully saturated rings. The zero-order valence-electron chi connectivity index (χ0n) is 18.2. The summed E-state index contributed by atoms with van der Waals surface area (Å²) < 4.78 is 0. The molecule has 0 heterocycles. The van der Waals surface area contributed by atoms with Gasteiger partial charge in [0.1, 0.15) is 0 Å². The Kier molecular flexibility index (Phi) is 5.00. The molecular formula is C26H32O2. The lowest BCUT2D eigenvalue weighted by atomic mass is 9.51. The number of carbonyl (C=O) groups excluding carboxylic acids is 2. The quantitative estimate of drug-likeness (QED) is 0.528. The first-order valence-electron chi connectivity index (χ1n) is 10.4. The van der Waals surface area contributed by atoms with E-state index in [2.05, 4.69) is 65.2 Å². The van der Waals surface area contributed by atoms with Crippen molar-refractivity contribution in [2.75, 3.05) is 0 Å². The number of hydrogen-bond donors (Lipinski definition) is 0. The van der Waals surface area contributed by atoms with Gasteiger partial charge in [0, 0.05) is 23.7 Å². The van der Waals surface area contributed by atoms with Crippen LogP contribution in [0, 0.1) is 45.3 Å². The Morgan fingerprint density at radius 1 is 0.643 bits per heavy atom. The van der Waals surface area contributed by atoms with Gasteiger partial charge in [0.25, 0.3) is 0 Å². The lowest BCUT2D eigenvalue weighted by molar-refractivity contribution is -0.116. The van der Waals surface area contributed by atoms with Gasteiger partial charge in [-0.1, -0.05) is 63.5 Å². The second-order valence-corrected chi connectivity index (χ2v) is 10.6. The molecular weight excluding hydrogens is 344 g/mol. The second kappa shape index (κ2) is 6.77. The highest BCUT2D eigenvalue weighted by atomic mass is 16.1. The summed E-state index contributed by atoms with van der Waals surface area (Å²) in [5, 5.41) is 0. The van der Waals surface area contributed by atoms with Crippen molar-refractivity contribution in [3.63, 3.8) is 0 Å². The first-order valence-corrected chi connectivity index (χ1v) is 10.4. The smallest absolute Gasteiger partial charge is 0.170 e. The second-order valence-electron chi connectivity index (χ2n) is 10.6. The molecule has 3 aliphatic carbocycles. The molecule has 0 N–H and O–H groups in total. The molecule has 1 saturated carbocycles. The van der Waals surface area contributed by atoms with Crippen molar-refractivity contribution in [2.45, 2.75) is 80.1 Å². The highest BCUT2D eigenvalue weighted by Gasteiger charge is 2.51. The van der Waals surface area contributed by atoms with E-state index in [9.17, 15) is 9.59 Å². The summed E-state index contributed by atoms with van der Waals surface area (Å²) in [6, 6.07) is 0. The topological polar surface area (TPSA) is 34.1 Å². The maximum absolute atomic E-state index is 12.3. The van der Waals surface area contributed by atoms with Gasteiger partial charge >= 0.3 is 0 Å². The molecule has 0 radical (unpaired) electrons. The van der Waals surface area contributed by atoms with Crippen LogP contribution in [0.2, 0.25) is 0 Å². The van der Waals surface area contributed by atoms with Crippen LogP contribution in [-0.2, 0) is 9.59 Å². The average molecular weight is 377 g/mol. The molecule has 0 spiro atoms. The van der Waals surface area contributed by atoms with Crippen LogP contribution in [0.15, 0.2) is 23.3 Å². The molecule has 0 bridgehead atoms. The molecule has 0 aromatic heterocycles. The first kappa shape index (κ1) is 20.7. The third-order valence-electron chi connectivity index (χ3n) is 6.95. The highest BCUT2D eigenvalue weighted by Crippen LogP contribution is 2.56. The summed E-state index contributed by atoms with van der Waals surface area (Å²) in [6.45, 7) is 12.9. The standard InChI is InChI=1S/C26H32O2/c1-23(2)11-9-21(27)19(17-23)7-13-25(5)15-16-26(25,6)14-8-20-18-24(3,4)12-10-22(20)28/h17-18H,9-12,15-16H2,1-6H3/t25-,26+. The fourth-order valence-corrected chi connectivity index (χ4v) is 4.13. The summed E-state index contributed by atoms with van der Waals surface area (Å²) in [5.41, 5.74) is 0.871. The van der Waals surface area contributed by atoms with E-state index >= 15 is 0 Å². The Labute approximate surface area is 170 Å². The van der Waals surface area contributed by atoms with Crippen molar-refractivity contribution in [2.24, 2.45) is 21.7 Å². The number of hydrogen-bond acceptors (Lipinski definition) is 2. The van der Waals surface area contributed by atoms with Crippen molar-refractivity contribution in [3.8, 4) is 23.7 Å². The normalized spacial score (nSPS) is 33.4. The number of ketones is 2. The predicted octanol–water partition coefficient (Wildman–Crippen LogP) is 5.43. The maximum Gasteiger partial charge on any atom is 0.170 e. The van der Waals surface area contributed by atoms with E-state index in [-0.39, 0.29) is 33.2 Å². The maximum atomic E-state index is 12.3. The predicted molar refractivity (Wildman–Crippen MR) is 113 cm³/mol. The summed E-state index contributed by atoms with van der Waals surface area (Å²) in [6.07, 6.45) is 8.92. The summed E-state index contributed by atoms with van der Waals surface area (Å²) in [4.78, 5) is 24.5. The van der Waals surface area contributed by atoms with Crippen LogP contribution in [0.5, 0.6) is 0 Å². The van der Waals surface area contributed by atoms with Gasteiger partial charge in [-0.2, -0.15) is 0 Å². The highest BCUT2D eigenvalue weighted by molar-refractivity contribution is 6.01. The van der Waals surface area contributed by atoms with Crippen LogP contribution in [0.1, 0.15) is 80.1 Å². The SMILES string of the molecule is CC1(C)C=C(C#C[C@@]2(C)CC[C@@]2(C)C#CC2=CC(C)(C)CCC2=O)C(=O)CC1. The van der Waals surface area contributed by atoms with E-state index in [1.54, 1.807) is 0 Å². The lowest BCUT2D eigenvalue weighted by Gasteiger charge is -2.49. The number of carbonyl (C=O) groups is 2.